The van der Waals surface area contributed by atoms with E-state index in [1.165, 1.54) is 16.4 Å². The van der Waals surface area contributed by atoms with Crippen LogP contribution in [0.2, 0.25) is 0 Å². The highest BCUT2D eigenvalue weighted by Gasteiger charge is 2.35. The van der Waals surface area contributed by atoms with Crippen LogP contribution in [0.15, 0.2) is 59.3 Å². The molecule has 1 aliphatic rings. The van der Waals surface area contributed by atoms with E-state index in [-0.39, 0.29) is 17.3 Å². The summed E-state index contributed by atoms with van der Waals surface area (Å²) in [6.45, 7) is 5.13. The van der Waals surface area contributed by atoms with Crippen LogP contribution in [0.3, 0.4) is 0 Å². The van der Waals surface area contributed by atoms with Gasteiger partial charge in [-0.1, -0.05) is 12.1 Å². The van der Waals surface area contributed by atoms with Gasteiger partial charge in [-0.3, -0.25) is 4.79 Å². The molecule has 0 radical (unpaired) electrons. The zero-order chi connectivity index (χ0) is 20.1. The van der Waals surface area contributed by atoms with Crippen molar-refractivity contribution in [2.75, 3.05) is 19.6 Å². The van der Waals surface area contributed by atoms with Crippen molar-refractivity contribution in [3.63, 3.8) is 0 Å². The number of amides is 1. The summed E-state index contributed by atoms with van der Waals surface area (Å²) in [5.74, 6) is -0.949. The summed E-state index contributed by atoms with van der Waals surface area (Å²) < 4.78 is 40.2. The van der Waals surface area contributed by atoms with Crippen LogP contribution in [0.4, 0.5) is 4.39 Å². The topological polar surface area (TPSA) is 57.7 Å². The van der Waals surface area contributed by atoms with E-state index in [2.05, 4.69) is 6.58 Å². The molecule has 0 bridgehead atoms. The predicted octanol–water partition coefficient (Wildman–Crippen LogP) is 3.50. The van der Waals surface area contributed by atoms with Crippen molar-refractivity contribution in [3.05, 3.63) is 65.1 Å². The lowest BCUT2D eigenvalue weighted by Crippen LogP contribution is -2.46. The number of carbonyl (C=O) groups is 1. The standard InChI is InChI=1S/C20H23FN2O3S2/c1-2-11-22(15-18-6-4-13-27-18)20(24)16-5-3-12-23(14-16)28(25,26)19-9-7-17(21)8-10-19/h2,4,6-10,13,16H,1,3,5,11-12,14-15H2. The van der Waals surface area contributed by atoms with Gasteiger partial charge in [0.2, 0.25) is 15.9 Å². The smallest absolute Gasteiger partial charge is 0.243 e. The quantitative estimate of drug-likeness (QED) is 0.642. The summed E-state index contributed by atoms with van der Waals surface area (Å²) >= 11 is 1.58. The van der Waals surface area contributed by atoms with Crippen molar-refractivity contribution >= 4 is 27.3 Å². The predicted molar refractivity (Wildman–Crippen MR) is 108 cm³/mol. The van der Waals surface area contributed by atoms with Crippen LogP contribution >= 0.6 is 11.3 Å². The van der Waals surface area contributed by atoms with Crippen molar-refractivity contribution in [1.82, 2.24) is 9.21 Å². The second-order valence-corrected chi connectivity index (χ2v) is 9.71. The van der Waals surface area contributed by atoms with Gasteiger partial charge in [0, 0.05) is 24.5 Å². The first-order valence-corrected chi connectivity index (χ1v) is 11.4. The molecule has 1 unspecified atom stereocenters. The Morgan fingerprint density at radius 1 is 1.32 bits per heavy atom. The van der Waals surface area contributed by atoms with E-state index in [1.54, 1.807) is 22.3 Å². The number of hydrogen-bond donors (Lipinski definition) is 0. The summed E-state index contributed by atoms with van der Waals surface area (Å²) in [5.41, 5.74) is 0. The monoisotopic (exact) mass is 422 g/mol. The Hall–Kier alpha value is -2.03. The highest BCUT2D eigenvalue weighted by molar-refractivity contribution is 7.89. The van der Waals surface area contributed by atoms with Gasteiger partial charge >= 0.3 is 0 Å². The number of rotatable bonds is 7. The van der Waals surface area contributed by atoms with E-state index in [4.69, 9.17) is 0 Å². The van der Waals surface area contributed by atoms with Gasteiger partial charge in [-0.15, -0.1) is 17.9 Å². The maximum atomic E-state index is 13.1. The molecule has 0 N–H and O–H groups in total. The van der Waals surface area contributed by atoms with E-state index < -0.39 is 21.8 Å². The molecule has 1 saturated heterocycles. The Bertz CT molecular complexity index is 911. The molecule has 0 saturated carbocycles. The molecule has 150 valence electrons. The van der Waals surface area contributed by atoms with Gasteiger partial charge < -0.3 is 4.90 Å². The molecule has 1 fully saturated rings. The molecule has 1 aromatic heterocycles. The average Bonchev–Trinajstić information content (AvgIpc) is 3.21. The van der Waals surface area contributed by atoms with E-state index in [0.29, 0.717) is 32.5 Å². The third-order valence-electron chi connectivity index (χ3n) is 4.77. The first-order valence-electron chi connectivity index (χ1n) is 9.09. The number of carbonyl (C=O) groups excluding carboxylic acids is 1. The molecule has 8 heteroatoms. The molecule has 1 aliphatic heterocycles. The SMILES string of the molecule is C=CCN(Cc1cccs1)C(=O)C1CCCN(S(=O)(=O)c2ccc(F)cc2)C1. The molecule has 5 nitrogen and oxygen atoms in total. The second-order valence-electron chi connectivity index (χ2n) is 6.74. The fraction of sp³-hybridized carbons (Fsp3) is 0.350. The van der Waals surface area contributed by atoms with Crippen LogP contribution in [0.25, 0.3) is 0 Å². The molecule has 3 rings (SSSR count). The van der Waals surface area contributed by atoms with Gasteiger partial charge in [0.15, 0.2) is 0 Å². The Morgan fingerprint density at radius 3 is 2.71 bits per heavy atom. The van der Waals surface area contributed by atoms with E-state index in [9.17, 15) is 17.6 Å². The molecule has 0 aliphatic carbocycles. The minimum absolute atomic E-state index is 0.0449. The minimum Gasteiger partial charge on any atom is -0.334 e. The molecule has 28 heavy (non-hydrogen) atoms. The molecule has 1 aromatic carbocycles. The van der Waals surface area contributed by atoms with Crippen LogP contribution in [0.1, 0.15) is 17.7 Å². The Labute approximate surface area is 169 Å². The van der Waals surface area contributed by atoms with Gasteiger partial charge in [0.25, 0.3) is 0 Å². The zero-order valence-corrected chi connectivity index (χ0v) is 17.1. The van der Waals surface area contributed by atoms with Crippen molar-refractivity contribution in [3.8, 4) is 0 Å². The Morgan fingerprint density at radius 2 is 2.07 bits per heavy atom. The number of sulfonamides is 1. The van der Waals surface area contributed by atoms with Crippen molar-refractivity contribution < 1.29 is 17.6 Å². The van der Waals surface area contributed by atoms with Gasteiger partial charge in [0.1, 0.15) is 5.82 Å². The molecular weight excluding hydrogens is 399 g/mol. The number of hydrogen-bond acceptors (Lipinski definition) is 4. The number of benzene rings is 1. The lowest BCUT2D eigenvalue weighted by molar-refractivity contribution is -0.136. The normalized spacial score (nSPS) is 18.0. The highest BCUT2D eigenvalue weighted by Crippen LogP contribution is 2.26. The Kier molecular flexibility index (Phi) is 6.64. The lowest BCUT2D eigenvalue weighted by Gasteiger charge is -2.34. The van der Waals surface area contributed by atoms with Crippen molar-refractivity contribution in [2.24, 2.45) is 5.92 Å². The number of thiophene rings is 1. The fourth-order valence-corrected chi connectivity index (χ4v) is 5.60. The highest BCUT2D eigenvalue weighted by atomic mass is 32.2. The summed E-state index contributed by atoms with van der Waals surface area (Å²) in [5, 5.41) is 1.96. The molecule has 1 amide bonds. The van der Waals surface area contributed by atoms with E-state index >= 15 is 0 Å². The van der Waals surface area contributed by atoms with E-state index in [1.807, 2.05) is 17.5 Å². The van der Waals surface area contributed by atoms with E-state index in [0.717, 1.165) is 17.0 Å². The molecular formula is C20H23FN2O3S2. The van der Waals surface area contributed by atoms with Crippen LogP contribution in [0, 0.1) is 11.7 Å². The van der Waals surface area contributed by atoms with Crippen molar-refractivity contribution in [1.29, 1.82) is 0 Å². The summed E-state index contributed by atoms with van der Waals surface area (Å²) in [4.78, 5) is 15.9. The largest absolute Gasteiger partial charge is 0.334 e. The second kappa shape index (κ2) is 8.98. The minimum atomic E-state index is -3.76. The summed E-state index contributed by atoms with van der Waals surface area (Å²) in [6.07, 6.45) is 2.94. The third kappa shape index (κ3) is 4.68. The molecule has 1 atom stereocenters. The molecule has 0 spiro atoms. The molecule has 2 aromatic rings. The maximum absolute atomic E-state index is 13.1. The average molecular weight is 423 g/mol. The zero-order valence-electron chi connectivity index (χ0n) is 15.5. The van der Waals surface area contributed by atoms with Gasteiger partial charge in [-0.05, 0) is 48.6 Å². The Balaban J connectivity index is 1.74. The number of halogens is 1. The molecule has 2 heterocycles. The summed E-state index contributed by atoms with van der Waals surface area (Å²) in [7, 11) is -3.76. The van der Waals surface area contributed by atoms with Gasteiger partial charge in [-0.25, -0.2) is 12.8 Å². The third-order valence-corrected chi connectivity index (χ3v) is 7.51. The van der Waals surface area contributed by atoms with Crippen molar-refractivity contribution in [2.45, 2.75) is 24.3 Å². The van der Waals surface area contributed by atoms with Crippen LogP contribution in [-0.2, 0) is 21.4 Å². The first-order chi connectivity index (χ1) is 13.4. The van der Waals surface area contributed by atoms with Crippen LogP contribution in [-0.4, -0.2) is 43.2 Å². The van der Waals surface area contributed by atoms with Crippen LogP contribution in [0.5, 0.6) is 0 Å². The lowest BCUT2D eigenvalue weighted by atomic mass is 9.98. The number of nitrogens with zero attached hydrogens (tertiary/aromatic N) is 2. The first kappa shape index (κ1) is 20.7. The summed E-state index contributed by atoms with van der Waals surface area (Å²) in [6, 6.07) is 8.70. The number of piperidine rings is 1. The fourth-order valence-electron chi connectivity index (χ4n) is 3.36. The van der Waals surface area contributed by atoms with Crippen LogP contribution < -0.4 is 0 Å². The van der Waals surface area contributed by atoms with Gasteiger partial charge in [0.05, 0.1) is 17.4 Å². The maximum Gasteiger partial charge on any atom is 0.243 e. The van der Waals surface area contributed by atoms with Gasteiger partial charge in [-0.2, -0.15) is 4.31 Å².